The molecule has 0 atom stereocenters. The van der Waals surface area contributed by atoms with Gasteiger partial charge in [0.05, 0.1) is 16.9 Å². The van der Waals surface area contributed by atoms with Crippen LogP contribution in [0, 0.1) is 23.2 Å². The van der Waals surface area contributed by atoms with Gasteiger partial charge in [-0.15, -0.1) is 0 Å². The first-order valence-electron chi connectivity index (χ1n) is 10.7. The number of amides is 2. The number of nitrogens with zero attached hydrogens (tertiary/aromatic N) is 1. The van der Waals surface area contributed by atoms with E-state index in [1.165, 1.54) is 44.7 Å². The average molecular weight is 389 g/mol. The summed E-state index contributed by atoms with van der Waals surface area (Å²) in [5.74, 6) is 2.33. The zero-order valence-corrected chi connectivity index (χ0v) is 16.6. The van der Waals surface area contributed by atoms with Crippen LogP contribution in [0.4, 0.5) is 11.4 Å². The van der Waals surface area contributed by atoms with Gasteiger partial charge in [-0.25, -0.2) is 0 Å². The monoisotopic (exact) mass is 389 g/mol. The van der Waals surface area contributed by atoms with E-state index in [0.717, 1.165) is 17.8 Å². The van der Waals surface area contributed by atoms with Crippen LogP contribution in [0.1, 0.15) is 55.3 Å². The van der Waals surface area contributed by atoms with Crippen molar-refractivity contribution in [3.63, 3.8) is 0 Å². The minimum atomic E-state index is -0.235. The quantitative estimate of drug-likeness (QED) is 0.766. The SMILES string of the molecule is O=C(CC12CC3CC(CC(C3)C1)C2)Nc1ccccc1NC(=O)c1cccnc1. The third kappa shape index (κ3) is 3.78. The van der Waals surface area contributed by atoms with Crippen LogP contribution in [0.5, 0.6) is 0 Å². The van der Waals surface area contributed by atoms with Crippen molar-refractivity contribution in [1.29, 1.82) is 0 Å². The molecule has 1 heterocycles. The minimum absolute atomic E-state index is 0.0648. The first-order valence-corrected chi connectivity index (χ1v) is 10.7. The average Bonchev–Trinajstić information content (AvgIpc) is 2.68. The molecule has 150 valence electrons. The number of hydrogen-bond donors (Lipinski definition) is 2. The zero-order chi connectivity index (χ0) is 19.8. The van der Waals surface area contributed by atoms with Crippen LogP contribution in [0.3, 0.4) is 0 Å². The number of hydrogen-bond acceptors (Lipinski definition) is 3. The van der Waals surface area contributed by atoms with Crippen molar-refractivity contribution >= 4 is 23.2 Å². The Balaban J connectivity index is 1.27. The first-order chi connectivity index (χ1) is 14.1. The fourth-order valence-electron chi connectivity index (χ4n) is 6.43. The number of anilines is 2. The highest BCUT2D eigenvalue weighted by Crippen LogP contribution is 2.61. The van der Waals surface area contributed by atoms with Crippen LogP contribution in [0.2, 0.25) is 0 Å². The molecule has 29 heavy (non-hydrogen) atoms. The smallest absolute Gasteiger partial charge is 0.257 e. The van der Waals surface area contributed by atoms with Gasteiger partial charge in [0.25, 0.3) is 5.91 Å². The van der Waals surface area contributed by atoms with E-state index in [0.29, 0.717) is 23.4 Å². The highest BCUT2D eigenvalue weighted by Gasteiger charge is 2.51. The van der Waals surface area contributed by atoms with Crippen molar-refractivity contribution in [2.24, 2.45) is 23.2 Å². The summed E-state index contributed by atoms with van der Waals surface area (Å²) >= 11 is 0. The van der Waals surface area contributed by atoms with Gasteiger partial charge < -0.3 is 10.6 Å². The third-order valence-electron chi connectivity index (χ3n) is 7.07. The molecule has 6 rings (SSSR count). The number of carbonyl (C=O) groups is 2. The normalized spacial score (nSPS) is 29.4. The van der Waals surface area contributed by atoms with Gasteiger partial charge in [-0.05, 0) is 86.0 Å². The number of aromatic nitrogens is 1. The molecular weight excluding hydrogens is 362 g/mol. The Labute approximate surface area is 171 Å². The Hall–Kier alpha value is -2.69. The summed E-state index contributed by atoms with van der Waals surface area (Å²) in [6.45, 7) is 0. The van der Waals surface area contributed by atoms with Crippen LogP contribution >= 0.6 is 0 Å². The summed E-state index contributed by atoms with van der Waals surface area (Å²) in [7, 11) is 0. The maximum Gasteiger partial charge on any atom is 0.257 e. The number of pyridine rings is 1. The van der Waals surface area contributed by atoms with Gasteiger partial charge in [-0.3, -0.25) is 14.6 Å². The summed E-state index contributed by atoms with van der Waals surface area (Å²) < 4.78 is 0. The molecule has 4 fully saturated rings. The molecule has 4 aliphatic carbocycles. The van der Waals surface area contributed by atoms with Crippen molar-refractivity contribution in [2.45, 2.75) is 44.9 Å². The van der Waals surface area contributed by atoms with Gasteiger partial charge in [-0.1, -0.05) is 12.1 Å². The Morgan fingerprint density at radius 3 is 2.10 bits per heavy atom. The Kier molecular flexibility index (Phi) is 4.61. The third-order valence-corrected chi connectivity index (χ3v) is 7.07. The number of nitrogens with one attached hydrogen (secondary N) is 2. The van der Waals surface area contributed by atoms with E-state index < -0.39 is 0 Å². The van der Waals surface area contributed by atoms with Crippen molar-refractivity contribution in [3.8, 4) is 0 Å². The lowest BCUT2D eigenvalue weighted by atomic mass is 9.49. The van der Waals surface area contributed by atoms with Gasteiger partial charge in [0.15, 0.2) is 0 Å². The lowest BCUT2D eigenvalue weighted by molar-refractivity contribution is -0.124. The molecule has 1 aromatic heterocycles. The van der Waals surface area contributed by atoms with Crippen LogP contribution in [0.15, 0.2) is 48.8 Å². The summed E-state index contributed by atoms with van der Waals surface area (Å²) in [5.41, 5.74) is 1.95. The molecule has 4 bridgehead atoms. The molecule has 2 aromatic rings. The van der Waals surface area contributed by atoms with Gasteiger partial charge in [0.2, 0.25) is 5.91 Å². The fourth-order valence-corrected chi connectivity index (χ4v) is 6.43. The molecule has 2 N–H and O–H groups in total. The second kappa shape index (κ2) is 7.29. The molecule has 4 aliphatic rings. The van der Waals surface area contributed by atoms with E-state index in [-0.39, 0.29) is 17.2 Å². The second-order valence-electron chi connectivity index (χ2n) is 9.38. The zero-order valence-electron chi connectivity index (χ0n) is 16.6. The van der Waals surface area contributed by atoms with Crippen LogP contribution in [-0.2, 0) is 4.79 Å². The minimum Gasteiger partial charge on any atom is -0.324 e. The summed E-state index contributed by atoms with van der Waals surface area (Å²) in [6.07, 6.45) is 11.5. The molecule has 2 amide bonds. The van der Waals surface area contributed by atoms with Crippen LogP contribution in [-0.4, -0.2) is 16.8 Å². The molecular formula is C24H27N3O2. The topological polar surface area (TPSA) is 71.1 Å². The lowest BCUT2D eigenvalue weighted by Gasteiger charge is -2.56. The highest BCUT2D eigenvalue weighted by atomic mass is 16.2. The highest BCUT2D eigenvalue weighted by molar-refractivity contribution is 6.07. The molecule has 0 radical (unpaired) electrons. The van der Waals surface area contributed by atoms with Crippen molar-refractivity contribution in [1.82, 2.24) is 4.98 Å². The fraction of sp³-hybridized carbons (Fsp3) is 0.458. The summed E-state index contributed by atoms with van der Waals surface area (Å²) in [5, 5.41) is 5.97. The standard InChI is InChI=1S/C24H27N3O2/c28-22(14-24-11-16-8-17(12-24)10-18(9-16)13-24)26-20-5-1-2-6-21(20)27-23(29)19-4-3-7-25-15-19/h1-7,15-18H,8-14H2,(H,26,28)(H,27,29). The van der Waals surface area contributed by atoms with Gasteiger partial charge >= 0.3 is 0 Å². The van der Waals surface area contributed by atoms with E-state index in [2.05, 4.69) is 15.6 Å². The van der Waals surface area contributed by atoms with Crippen molar-refractivity contribution in [3.05, 3.63) is 54.4 Å². The maximum absolute atomic E-state index is 13.0. The molecule has 5 heteroatoms. The van der Waals surface area contributed by atoms with Gasteiger partial charge in [-0.2, -0.15) is 0 Å². The van der Waals surface area contributed by atoms with E-state index in [9.17, 15) is 9.59 Å². The Bertz CT molecular complexity index is 889. The summed E-state index contributed by atoms with van der Waals surface area (Å²) in [4.78, 5) is 29.4. The number of benzene rings is 1. The molecule has 0 spiro atoms. The molecule has 0 unspecified atom stereocenters. The van der Waals surface area contributed by atoms with Crippen molar-refractivity contribution in [2.75, 3.05) is 10.6 Å². The molecule has 0 aliphatic heterocycles. The number of para-hydroxylation sites is 2. The van der Waals surface area contributed by atoms with E-state index in [4.69, 9.17) is 0 Å². The lowest BCUT2D eigenvalue weighted by Crippen LogP contribution is -2.47. The number of rotatable bonds is 5. The van der Waals surface area contributed by atoms with E-state index >= 15 is 0 Å². The number of carbonyl (C=O) groups excluding carboxylic acids is 2. The second-order valence-corrected chi connectivity index (χ2v) is 9.38. The Morgan fingerprint density at radius 1 is 0.897 bits per heavy atom. The predicted molar refractivity (Wildman–Crippen MR) is 112 cm³/mol. The maximum atomic E-state index is 13.0. The summed E-state index contributed by atoms with van der Waals surface area (Å²) in [6, 6.07) is 10.8. The van der Waals surface area contributed by atoms with Gasteiger partial charge in [0, 0.05) is 18.8 Å². The Morgan fingerprint density at radius 2 is 1.52 bits per heavy atom. The molecule has 0 saturated heterocycles. The van der Waals surface area contributed by atoms with Crippen LogP contribution in [0.25, 0.3) is 0 Å². The molecule has 5 nitrogen and oxygen atoms in total. The molecule has 4 saturated carbocycles. The van der Waals surface area contributed by atoms with Crippen molar-refractivity contribution < 1.29 is 9.59 Å². The van der Waals surface area contributed by atoms with Gasteiger partial charge in [0.1, 0.15) is 0 Å². The predicted octanol–water partition coefficient (Wildman–Crippen LogP) is 4.88. The van der Waals surface area contributed by atoms with Crippen LogP contribution < -0.4 is 10.6 Å². The van der Waals surface area contributed by atoms with E-state index in [1.807, 2.05) is 24.3 Å². The first kappa shape index (κ1) is 18.3. The van der Waals surface area contributed by atoms with E-state index in [1.54, 1.807) is 18.3 Å². The molecule has 1 aromatic carbocycles. The largest absolute Gasteiger partial charge is 0.324 e.